The summed E-state index contributed by atoms with van der Waals surface area (Å²) in [7, 11) is 4.05. The predicted molar refractivity (Wildman–Crippen MR) is 114 cm³/mol. The highest BCUT2D eigenvalue weighted by Gasteiger charge is 2.21. The van der Waals surface area contributed by atoms with Gasteiger partial charge in [0.05, 0.1) is 0 Å². The maximum atomic E-state index is 12.6. The van der Waals surface area contributed by atoms with E-state index in [1.807, 2.05) is 43.3 Å². The second kappa shape index (κ2) is 8.91. The first-order valence-corrected chi connectivity index (χ1v) is 9.84. The molecular weight excluding hydrogens is 350 g/mol. The zero-order valence-electron chi connectivity index (χ0n) is 17.0. The molecule has 0 aliphatic carbocycles. The molecule has 0 saturated carbocycles. The van der Waals surface area contributed by atoms with Gasteiger partial charge in [0.2, 0.25) is 5.91 Å². The van der Waals surface area contributed by atoms with Crippen LogP contribution >= 0.6 is 0 Å². The van der Waals surface area contributed by atoms with E-state index in [2.05, 4.69) is 34.1 Å². The average Bonchev–Trinajstić information content (AvgIpc) is 2.72. The van der Waals surface area contributed by atoms with Gasteiger partial charge >= 0.3 is 0 Å². The summed E-state index contributed by atoms with van der Waals surface area (Å²) in [6.07, 6.45) is 1.33. The highest BCUT2D eigenvalue weighted by molar-refractivity contribution is 5.94. The van der Waals surface area contributed by atoms with Gasteiger partial charge in [0.25, 0.3) is 0 Å². The maximum Gasteiger partial charge on any atom is 0.223 e. The quantitative estimate of drug-likeness (QED) is 0.723. The third-order valence-electron chi connectivity index (χ3n) is 5.35. The lowest BCUT2D eigenvalue weighted by atomic mass is 10.1. The second-order valence-corrected chi connectivity index (χ2v) is 7.53. The van der Waals surface area contributed by atoms with E-state index in [9.17, 15) is 9.59 Å². The summed E-state index contributed by atoms with van der Waals surface area (Å²) in [6, 6.07) is 16.1. The molecule has 2 aromatic rings. The minimum Gasteiger partial charge on any atom is -0.378 e. The van der Waals surface area contributed by atoms with E-state index in [1.165, 1.54) is 11.3 Å². The molecule has 1 aliphatic heterocycles. The lowest BCUT2D eigenvalue weighted by Crippen LogP contribution is -2.48. The van der Waals surface area contributed by atoms with Crippen molar-refractivity contribution in [3.05, 3.63) is 59.7 Å². The molecule has 1 fully saturated rings. The Morgan fingerprint density at radius 3 is 2.04 bits per heavy atom. The minimum absolute atomic E-state index is 0.0818. The van der Waals surface area contributed by atoms with Gasteiger partial charge in [-0.25, -0.2) is 0 Å². The Morgan fingerprint density at radius 1 is 0.893 bits per heavy atom. The normalized spacial score (nSPS) is 14.1. The molecule has 1 saturated heterocycles. The molecule has 1 amide bonds. The van der Waals surface area contributed by atoms with Crippen LogP contribution in [0.4, 0.5) is 11.4 Å². The lowest BCUT2D eigenvalue weighted by Gasteiger charge is -2.36. The summed E-state index contributed by atoms with van der Waals surface area (Å²) in [5, 5.41) is 0. The van der Waals surface area contributed by atoms with Crippen molar-refractivity contribution < 1.29 is 9.59 Å². The lowest BCUT2D eigenvalue weighted by molar-refractivity contribution is -0.131. The van der Waals surface area contributed by atoms with Gasteiger partial charge in [0, 0.05) is 63.6 Å². The number of carbonyl (C=O) groups is 2. The first-order chi connectivity index (χ1) is 13.4. The minimum atomic E-state index is 0.0818. The highest BCUT2D eigenvalue weighted by atomic mass is 16.2. The summed E-state index contributed by atoms with van der Waals surface area (Å²) in [5.74, 6) is 0.307. The number of hydrogen-bond donors (Lipinski definition) is 0. The van der Waals surface area contributed by atoms with Gasteiger partial charge in [-0.15, -0.1) is 0 Å². The third-order valence-corrected chi connectivity index (χ3v) is 5.35. The monoisotopic (exact) mass is 379 g/mol. The number of hydrogen-bond acceptors (Lipinski definition) is 4. The molecule has 1 aliphatic rings. The number of aryl methyl sites for hydroxylation is 1. The fourth-order valence-corrected chi connectivity index (χ4v) is 3.49. The average molecular weight is 380 g/mol. The fraction of sp³-hybridized carbons (Fsp3) is 0.391. The van der Waals surface area contributed by atoms with Gasteiger partial charge in [-0.05, 0) is 55.3 Å². The number of Topliss-reactive ketones (excluding diaryl/α,β-unsaturated/α-hetero) is 1. The number of benzene rings is 2. The van der Waals surface area contributed by atoms with Crippen LogP contribution in [0.25, 0.3) is 0 Å². The molecule has 5 nitrogen and oxygen atoms in total. The first-order valence-electron chi connectivity index (χ1n) is 9.84. The molecule has 0 radical (unpaired) electrons. The highest BCUT2D eigenvalue weighted by Crippen LogP contribution is 2.19. The van der Waals surface area contributed by atoms with Crippen molar-refractivity contribution in [1.29, 1.82) is 0 Å². The summed E-state index contributed by atoms with van der Waals surface area (Å²) < 4.78 is 0. The van der Waals surface area contributed by atoms with Gasteiger partial charge < -0.3 is 14.7 Å². The Labute approximate surface area is 167 Å². The Kier molecular flexibility index (Phi) is 6.34. The van der Waals surface area contributed by atoms with E-state index < -0.39 is 0 Å². The van der Waals surface area contributed by atoms with Crippen molar-refractivity contribution in [2.75, 3.05) is 50.1 Å². The Bertz CT molecular complexity index is 805. The third kappa shape index (κ3) is 4.91. The van der Waals surface area contributed by atoms with E-state index in [4.69, 9.17) is 0 Å². The molecule has 0 spiro atoms. The van der Waals surface area contributed by atoms with Crippen molar-refractivity contribution in [3.8, 4) is 0 Å². The van der Waals surface area contributed by atoms with E-state index >= 15 is 0 Å². The second-order valence-electron chi connectivity index (χ2n) is 7.53. The molecule has 0 atom stereocenters. The number of ketones is 1. The van der Waals surface area contributed by atoms with E-state index in [0.717, 1.165) is 43.9 Å². The van der Waals surface area contributed by atoms with Gasteiger partial charge in [0.1, 0.15) is 0 Å². The van der Waals surface area contributed by atoms with Crippen LogP contribution in [-0.2, 0) is 11.2 Å². The SMILES string of the molecule is CC(=O)c1ccc(N2CCN(C(=O)CCc3ccc(N(C)C)cc3)CC2)cc1. The number of amides is 1. The maximum absolute atomic E-state index is 12.6. The predicted octanol–water partition coefficient (Wildman–Crippen LogP) is 3.24. The summed E-state index contributed by atoms with van der Waals surface area (Å²) >= 11 is 0. The molecule has 0 N–H and O–H groups in total. The molecule has 0 unspecified atom stereocenters. The largest absolute Gasteiger partial charge is 0.378 e. The number of piperazine rings is 1. The van der Waals surface area contributed by atoms with Crippen LogP contribution in [-0.4, -0.2) is 56.9 Å². The van der Waals surface area contributed by atoms with Crippen molar-refractivity contribution in [2.45, 2.75) is 19.8 Å². The van der Waals surface area contributed by atoms with Gasteiger partial charge in [-0.3, -0.25) is 9.59 Å². The number of nitrogens with zero attached hydrogens (tertiary/aromatic N) is 3. The molecule has 3 rings (SSSR count). The van der Waals surface area contributed by atoms with Crippen molar-refractivity contribution in [1.82, 2.24) is 4.90 Å². The number of rotatable bonds is 6. The van der Waals surface area contributed by atoms with Crippen LogP contribution in [0.15, 0.2) is 48.5 Å². The van der Waals surface area contributed by atoms with E-state index in [-0.39, 0.29) is 11.7 Å². The molecule has 5 heteroatoms. The summed E-state index contributed by atoms with van der Waals surface area (Å²) in [6.45, 7) is 4.71. The smallest absolute Gasteiger partial charge is 0.223 e. The van der Waals surface area contributed by atoms with Crippen LogP contribution in [0.5, 0.6) is 0 Å². The zero-order valence-corrected chi connectivity index (χ0v) is 17.0. The summed E-state index contributed by atoms with van der Waals surface area (Å²) in [4.78, 5) is 30.3. The molecule has 0 aromatic heterocycles. The number of anilines is 2. The van der Waals surface area contributed by atoms with Crippen LogP contribution in [0.3, 0.4) is 0 Å². The molecule has 2 aromatic carbocycles. The van der Waals surface area contributed by atoms with Gasteiger partial charge in [-0.2, -0.15) is 0 Å². The molecule has 0 bridgehead atoms. The Morgan fingerprint density at radius 2 is 1.50 bits per heavy atom. The molecule has 1 heterocycles. The number of carbonyl (C=O) groups excluding carboxylic acids is 2. The first kappa shape index (κ1) is 19.9. The molecular formula is C23H29N3O2. The van der Waals surface area contributed by atoms with Crippen LogP contribution in [0.1, 0.15) is 29.3 Å². The molecule has 148 valence electrons. The van der Waals surface area contributed by atoms with Gasteiger partial charge in [0.15, 0.2) is 5.78 Å². The topological polar surface area (TPSA) is 43.9 Å². The van der Waals surface area contributed by atoms with Crippen molar-refractivity contribution in [3.63, 3.8) is 0 Å². The Balaban J connectivity index is 1.47. The molecule has 28 heavy (non-hydrogen) atoms. The van der Waals surface area contributed by atoms with Crippen LogP contribution in [0, 0.1) is 0 Å². The van der Waals surface area contributed by atoms with Crippen LogP contribution < -0.4 is 9.80 Å². The van der Waals surface area contributed by atoms with Gasteiger partial charge in [-0.1, -0.05) is 12.1 Å². The summed E-state index contributed by atoms with van der Waals surface area (Å²) in [5.41, 5.74) is 4.21. The zero-order chi connectivity index (χ0) is 20.1. The van der Waals surface area contributed by atoms with Crippen LogP contribution in [0.2, 0.25) is 0 Å². The van der Waals surface area contributed by atoms with Crippen molar-refractivity contribution >= 4 is 23.1 Å². The van der Waals surface area contributed by atoms with E-state index in [1.54, 1.807) is 6.92 Å². The standard InChI is InChI=1S/C23H29N3O2/c1-18(27)20-7-11-22(12-8-20)25-14-16-26(17-15-25)23(28)13-6-19-4-9-21(10-5-19)24(2)3/h4-5,7-12H,6,13-17H2,1-3H3. The van der Waals surface area contributed by atoms with Crippen molar-refractivity contribution in [2.24, 2.45) is 0 Å². The fourth-order valence-electron chi connectivity index (χ4n) is 3.49. The van der Waals surface area contributed by atoms with E-state index in [0.29, 0.717) is 6.42 Å². The Hall–Kier alpha value is -2.82.